The van der Waals surface area contributed by atoms with Crippen LogP contribution in [-0.4, -0.2) is 26.1 Å². The first-order valence-corrected chi connectivity index (χ1v) is 11.0. The molecule has 106 valence electrons. The fourth-order valence-electron chi connectivity index (χ4n) is 2.53. The summed E-state index contributed by atoms with van der Waals surface area (Å²) >= 11 is 1.98. The topological polar surface area (TPSA) is 26.0 Å². The molecule has 0 unspecified atom stereocenters. The molecule has 0 atom stereocenters. The summed E-state index contributed by atoms with van der Waals surface area (Å²) in [5, 5.41) is 3.05. The quantitative estimate of drug-likeness (QED) is 0.628. The molecule has 0 aliphatic heterocycles. The molecule has 20 heavy (non-hydrogen) atoms. The highest BCUT2D eigenvalue weighted by Crippen LogP contribution is 2.15. The van der Waals surface area contributed by atoms with Gasteiger partial charge in [-0.1, -0.05) is 77.6 Å². The third kappa shape index (κ3) is 3.75. The molecule has 0 spiro atoms. The Morgan fingerprint density at radius 3 is 1.80 bits per heavy atom. The smallest absolute Gasteiger partial charge is 0.115 e. The van der Waals surface area contributed by atoms with Crippen LogP contribution < -0.4 is 16.1 Å². The van der Waals surface area contributed by atoms with Crippen LogP contribution in [-0.2, 0) is 0 Å². The summed E-state index contributed by atoms with van der Waals surface area (Å²) in [6.07, 6.45) is 0. The summed E-state index contributed by atoms with van der Waals surface area (Å²) in [5.74, 6) is 2.26. The molecule has 0 bridgehead atoms. The van der Waals surface area contributed by atoms with Crippen molar-refractivity contribution in [3.05, 3.63) is 60.7 Å². The maximum absolute atomic E-state index is 5.59. The van der Waals surface area contributed by atoms with Gasteiger partial charge in [0.05, 0.1) is 0 Å². The maximum Gasteiger partial charge on any atom is 0.115 e. The number of hydrogen-bond donors (Lipinski definition) is 1. The Morgan fingerprint density at radius 2 is 1.35 bits per heavy atom. The predicted molar refractivity (Wildman–Crippen MR) is 95.0 cm³/mol. The highest BCUT2D eigenvalue weighted by atomic mass is 32.2. The average Bonchev–Trinajstić information content (AvgIpc) is 2.53. The van der Waals surface area contributed by atoms with E-state index in [0.717, 1.165) is 12.3 Å². The Hall–Kier alpha value is -1.03. The molecule has 0 radical (unpaired) electrons. The van der Waals surface area contributed by atoms with E-state index in [-0.39, 0.29) is 0 Å². The van der Waals surface area contributed by atoms with Crippen LogP contribution in [0.2, 0.25) is 12.6 Å². The molecule has 0 saturated heterocycles. The van der Waals surface area contributed by atoms with Crippen molar-refractivity contribution in [1.29, 1.82) is 0 Å². The van der Waals surface area contributed by atoms with Crippen molar-refractivity contribution in [2.24, 2.45) is 5.73 Å². The van der Waals surface area contributed by atoms with E-state index >= 15 is 0 Å². The summed E-state index contributed by atoms with van der Waals surface area (Å²) in [6.45, 7) is 3.26. The molecule has 1 nitrogen and oxygen atoms in total. The summed E-state index contributed by atoms with van der Waals surface area (Å²) in [4.78, 5) is 0. The fourth-order valence-corrected chi connectivity index (χ4v) is 7.88. The van der Waals surface area contributed by atoms with E-state index in [2.05, 4.69) is 67.2 Å². The first-order chi connectivity index (χ1) is 9.77. The summed E-state index contributed by atoms with van der Waals surface area (Å²) in [6, 6.07) is 23.3. The molecule has 2 aromatic rings. The number of benzene rings is 2. The van der Waals surface area contributed by atoms with Crippen LogP contribution in [0.5, 0.6) is 0 Å². The monoisotopic (exact) mass is 301 g/mol. The Morgan fingerprint density at radius 1 is 0.850 bits per heavy atom. The van der Waals surface area contributed by atoms with Crippen LogP contribution in [0.25, 0.3) is 0 Å². The molecule has 0 heterocycles. The minimum absolute atomic E-state index is 0.777. The zero-order valence-corrected chi connectivity index (χ0v) is 13.9. The van der Waals surface area contributed by atoms with Crippen LogP contribution in [0.4, 0.5) is 0 Å². The molecule has 3 heteroatoms. The standard InChI is InChI=1S/C17H23NSSi/c1-20(15-14-19-13-12-18,16-8-4-2-5-9-16)17-10-6-3-7-11-17/h2-11H,12-15,18H2,1H3. The zero-order valence-electron chi connectivity index (χ0n) is 12.1. The SMILES string of the molecule is C[Si](CCSCCN)(c1ccccc1)c1ccccc1. The minimum Gasteiger partial charge on any atom is -0.330 e. The normalized spacial score (nSPS) is 11.5. The lowest BCUT2D eigenvalue weighted by Crippen LogP contribution is -2.55. The average molecular weight is 302 g/mol. The van der Waals surface area contributed by atoms with Gasteiger partial charge in [0.2, 0.25) is 0 Å². The molecule has 0 aliphatic rings. The lowest BCUT2D eigenvalue weighted by molar-refractivity contribution is 1.15. The Bertz CT molecular complexity index is 461. The van der Waals surface area contributed by atoms with Crippen molar-refractivity contribution in [3.63, 3.8) is 0 Å². The van der Waals surface area contributed by atoms with E-state index in [1.807, 2.05) is 11.8 Å². The lowest BCUT2D eigenvalue weighted by Gasteiger charge is -2.28. The number of nitrogens with two attached hydrogens (primary N) is 1. The van der Waals surface area contributed by atoms with Crippen molar-refractivity contribution in [1.82, 2.24) is 0 Å². The zero-order chi connectivity index (χ0) is 14.3. The fraction of sp³-hybridized carbons (Fsp3) is 0.294. The van der Waals surface area contributed by atoms with Gasteiger partial charge in [-0.15, -0.1) is 0 Å². The summed E-state index contributed by atoms with van der Waals surface area (Å²) < 4.78 is 0. The third-order valence-corrected chi connectivity index (χ3v) is 9.68. The minimum atomic E-state index is -1.61. The van der Waals surface area contributed by atoms with Gasteiger partial charge in [0, 0.05) is 12.3 Å². The highest BCUT2D eigenvalue weighted by Gasteiger charge is 2.30. The molecular formula is C17H23NSSi. The Labute approximate surface area is 127 Å². The van der Waals surface area contributed by atoms with Crippen molar-refractivity contribution < 1.29 is 0 Å². The van der Waals surface area contributed by atoms with E-state index < -0.39 is 8.07 Å². The van der Waals surface area contributed by atoms with E-state index in [1.165, 1.54) is 22.2 Å². The second kappa shape index (κ2) is 7.67. The molecule has 2 aromatic carbocycles. The van der Waals surface area contributed by atoms with Crippen LogP contribution >= 0.6 is 11.8 Å². The molecule has 0 amide bonds. The molecule has 0 aliphatic carbocycles. The summed E-state index contributed by atoms with van der Waals surface area (Å²) in [5.41, 5.74) is 5.59. The van der Waals surface area contributed by atoms with Crippen molar-refractivity contribution in [3.8, 4) is 0 Å². The molecule has 0 saturated carbocycles. The number of hydrogen-bond acceptors (Lipinski definition) is 2. The van der Waals surface area contributed by atoms with Crippen LogP contribution in [0.15, 0.2) is 60.7 Å². The largest absolute Gasteiger partial charge is 0.330 e. The number of thioether (sulfide) groups is 1. The van der Waals surface area contributed by atoms with Gasteiger partial charge in [-0.25, -0.2) is 0 Å². The van der Waals surface area contributed by atoms with Gasteiger partial charge in [0.15, 0.2) is 0 Å². The predicted octanol–water partition coefficient (Wildman–Crippen LogP) is 2.57. The van der Waals surface area contributed by atoms with Gasteiger partial charge >= 0.3 is 0 Å². The van der Waals surface area contributed by atoms with E-state index in [0.29, 0.717) is 0 Å². The first-order valence-electron chi connectivity index (χ1n) is 7.16. The summed E-state index contributed by atoms with van der Waals surface area (Å²) in [7, 11) is -1.61. The third-order valence-electron chi connectivity index (χ3n) is 3.83. The van der Waals surface area contributed by atoms with Gasteiger partial charge in [0.1, 0.15) is 8.07 Å². The van der Waals surface area contributed by atoms with Crippen LogP contribution in [0, 0.1) is 0 Å². The molecular weight excluding hydrogens is 278 g/mol. The molecule has 0 aromatic heterocycles. The van der Waals surface area contributed by atoms with E-state index in [1.54, 1.807) is 0 Å². The van der Waals surface area contributed by atoms with Gasteiger partial charge in [-0.05, 0) is 11.8 Å². The van der Waals surface area contributed by atoms with Gasteiger partial charge in [-0.2, -0.15) is 11.8 Å². The molecule has 2 N–H and O–H groups in total. The first kappa shape index (κ1) is 15.4. The van der Waals surface area contributed by atoms with E-state index in [9.17, 15) is 0 Å². The van der Waals surface area contributed by atoms with Gasteiger partial charge < -0.3 is 5.73 Å². The van der Waals surface area contributed by atoms with Crippen molar-refractivity contribution in [2.45, 2.75) is 12.6 Å². The van der Waals surface area contributed by atoms with Crippen LogP contribution in [0.3, 0.4) is 0 Å². The van der Waals surface area contributed by atoms with Gasteiger partial charge in [-0.3, -0.25) is 0 Å². The van der Waals surface area contributed by atoms with Crippen molar-refractivity contribution >= 4 is 30.2 Å². The molecule has 0 fully saturated rings. The molecule has 2 rings (SSSR count). The maximum atomic E-state index is 5.59. The second-order valence-electron chi connectivity index (χ2n) is 5.22. The van der Waals surface area contributed by atoms with Gasteiger partial charge in [0.25, 0.3) is 0 Å². The Balaban J connectivity index is 2.24. The number of rotatable bonds is 7. The van der Waals surface area contributed by atoms with Crippen molar-refractivity contribution in [2.75, 3.05) is 18.1 Å². The lowest BCUT2D eigenvalue weighted by atomic mass is 10.4. The Kier molecular flexibility index (Phi) is 5.89. The second-order valence-corrected chi connectivity index (χ2v) is 10.8. The van der Waals surface area contributed by atoms with Crippen LogP contribution in [0.1, 0.15) is 0 Å². The highest BCUT2D eigenvalue weighted by molar-refractivity contribution is 7.99. The van der Waals surface area contributed by atoms with E-state index in [4.69, 9.17) is 5.73 Å².